The first-order chi connectivity index (χ1) is 14.1. The normalized spacial score (nSPS) is 12.0. The van der Waals surface area contributed by atoms with Crippen molar-refractivity contribution < 1.29 is 14.3 Å². The number of hydrogen-bond donors (Lipinski definition) is 1. The molecule has 3 aromatic rings. The van der Waals surface area contributed by atoms with Gasteiger partial charge in [0.05, 0.1) is 16.8 Å². The van der Waals surface area contributed by atoms with E-state index in [1.54, 1.807) is 6.08 Å². The minimum absolute atomic E-state index is 0.128. The lowest BCUT2D eigenvalue weighted by Crippen LogP contribution is -2.19. The molecule has 3 rings (SSSR count). The maximum absolute atomic E-state index is 12.4. The topological polar surface area (TPSA) is 72.7 Å². The van der Waals surface area contributed by atoms with Crippen LogP contribution in [0.3, 0.4) is 0 Å². The summed E-state index contributed by atoms with van der Waals surface area (Å²) < 4.78 is 8.39. The number of hydrogen-bond acceptors (Lipinski definition) is 4. The molecule has 7 heteroatoms. The average molecular weight is 410 g/mol. The number of anilines is 1. The Morgan fingerprint density at radius 3 is 2.72 bits per heavy atom. The van der Waals surface area contributed by atoms with Gasteiger partial charge >= 0.3 is 0 Å². The van der Waals surface area contributed by atoms with Crippen LogP contribution in [0.5, 0.6) is 0 Å². The van der Waals surface area contributed by atoms with E-state index in [-0.39, 0.29) is 11.8 Å². The summed E-state index contributed by atoms with van der Waals surface area (Å²) in [5.74, 6) is -0.455. The van der Waals surface area contributed by atoms with E-state index in [1.165, 1.54) is 24.3 Å². The molecule has 2 aromatic carbocycles. The number of fused-ring (bicyclic) bond motifs is 1. The Balaban J connectivity index is 1.95. The van der Waals surface area contributed by atoms with Crippen molar-refractivity contribution in [1.82, 2.24) is 4.57 Å². The van der Waals surface area contributed by atoms with Gasteiger partial charge in [-0.15, -0.1) is 0 Å². The van der Waals surface area contributed by atoms with E-state index in [2.05, 4.69) is 10.3 Å². The highest BCUT2D eigenvalue weighted by Crippen LogP contribution is 2.22. The minimum Gasteiger partial charge on any atom is -0.380 e. The molecule has 0 bridgehead atoms. The highest BCUT2D eigenvalue weighted by molar-refractivity contribution is 7.16. The number of benzene rings is 2. The molecule has 1 N–H and O–H groups in total. The summed E-state index contributed by atoms with van der Waals surface area (Å²) in [5.41, 5.74) is 2.60. The van der Waals surface area contributed by atoms with Crippen molar-refractivity contribution in [3.8, 4) is 0 Å². The monoisotopic (exact) mass is 409 g/mol. The number of rotatable bonds is 7. The van der Waals surface area contributed by atoms with Crippen LogP contribution in [0, 0.1) is 0 Å². The van der Waals surface area contributed by atoms with Crippen LogP contribution in [-0.4, -0.2) is 29.6 Å². The van der Waals surface area contributed by atoms with Crippen LogP contribution < -0.4 is 10.1 Å². The van der Waals surface area contributed by atoms with Crippen LogP contribution in [0.15, 0.2) is 59.6 Å². The number of ether oxygens (including phenoxy) is 1. The molecule has 0 unspecified atom stereocenters. The molecular formula is C22H23N3O3S. The lowest BCUT2D eigenvalue weighted by atomic mass is 10.2. The smallest absolute Gasteiger partial charge is 0.272 e. The van der Waals surface area contributed by atoms with Gasteiger partial charge in [-0.1, -0.05) is 41.7 Å². The standard InChI is InChI=1S/C22H23N3O3S/c1-3-28-14-13-25-19-11-10-18(23-16(2)26)15-20(19)29-22(25)24-21(27)12-9-17-7-5-4-6-8-17/h4-12,15H,3,13-14H2,1-2H3,(H,23,26). The molecule has 1 aromatic heterocycles. The van der Waals surface area contributed by atoms with Crippen molar-refractivity contribution in [2.75, 3.05) is 18.5 Å². The Morgan fingerprint density at radius 2 is 2.00 bits per heavy atom. The largest absolute Gasteiger partial charge is 0.380 e. The van der Waals surface area contributed by atoms with Crippen LogP contribution in [0.2, 0.25) is 0 Å². The Bertz CT molecular complexity index is 1100. The molecule has 2 amide bonds. The third kappa shape index (κ3) is 5.73. The lowest BCUT2D eigenvalue weighted by Gasteiger charge is -2.06. The summed E-state index contributed by atoms with van der Waals surface area (Å²) in [6, 6.07) is 15.3. The van der Waals surface area contributed by atoms with E-state index in [1.807, 2.05) is 60.0 Å². The number of carbonyl (C=O) groups excluding carboxylic acids is 2. The summed E-state index contributed by atoms with van der Waals surface area (Å²) in [7, 11) is 0. The van der Waals surface area contributed by atoms with Gasteiger partial charge in [-0.2, -0.15) is 4.99 Å². The van der Waals surface area contributed by atoms with Crippen molar-refractivity contribution in [2.45, 2.75) is 20.4 Å². The quantitative estimate of drug-likeness (QED) is 0.476. The molecule has 150 valence electrons. The van der Waals surface area contributed by atoms with E-state index in [0.717, 1.165) is 15.8 Å². The number of amides is 2. The highest BCUT2D eigenvalue weighted by Gasteiger charge is 2.09. The van der Waals surface area contributed by atoms with Crippen LogP contribution in [0.4, 0.5) is 5.69 Å². The van der Waals surface area contributed by atoms with Crippen LogP contribution in [0.25, 0.3) is 16.3 Å². The third-order valence-corrected chi connectivity index (χ3v) is 5.13. The summed E-state index contributed by atoms with van der Waals surface area (Å²) >= 11 is 1.41. The van der Waals surface area contributed by atoms with Crippen molar-refractivity contribution in [3.05, 3.63) is 65.0 Å². The van der Waals surface area contributed by atoms with Gasteiger partial charge < -0.3 is 14.6 Å². The average Bonchev–Trinajstić information content (AvgIpc) is 3.03. The second kappa shape index (κ2) is 9.95. The molecule has 0 fully saturated rings. The third-order valence-electron chi connectivity index (χ3n) is 4.09. The zero-order chi connectivity index (χ0) is 20.6. The van der Waals surface area contributed by atoms with Crippen molar-refractivity contribution in [2.24, 2.45) is 4.99 Å². The Hall–Kier alpha value is -3.03. The van der Waals surface area contributed by atoms with Gasteiger partial charge in [-0.25, -0.2) is 0 Å². The predicted molar refractivity (Wildman–Crippen MR) is 117 cm³/mol. The fourth-order valence-electron chi connectivity index (χ4n) is 2.82. The van der Waals surface area contributed by atoms with Crippen LogP contribution >= 0.6 is 11.3 Å². The van der Waals surface area contributed by atoms with Crippen molar-refractivity contribution in [1.29, 1.82) is 0 Å². The molecule has 29 heavy (non-hydrogen) atoms. The molecular weight excluding hydrogens is 386 g/mol. The Morgan fingerprint density at radius 1 is 1.21 bits per heavy atom. The van der Waals surface area contributed by atoms with Crippen LogP contribution in [0.1, 0.15) is 19.4 Å². The maximum Gasteiger partial charge on any atom is 0.272 e. The first-order valence-corrected chi connectivity index (χ1v) is 10.2. The summed E-state index contributed by atoms with van der Waals surface area (Å²) in [5, 5.41) is 2.78. The molecule has 0 saturated heterocycles. The minimum atomic E-state index is -0.326. The van der Waals surface area contributed by atoms with Gasteiger partial charge in [-0.05, 0) is 36.8 Å². The van der Waals surface area contributed by atoms with E-state index in [9.17, 15) is 9.59 Å². The molecule has 0 saturated carbocycles. The number of nitrogens with one attached hydrogen (secondary N) is 1. The van der Waals surface area contributed by atoms with Gasteiger partial charge in [0.25, 0.3) is 5.91 Å². The second-order valence-corrected chi connectivity index (χ2v) is 7.30. The summed E-state index contributed by atoms with van der Waals surface area (Å²) in [4.78, 5) is 28.6. The Labute approximate surface area is 173 Å². The zero-order valence-corrected chi connectivity index (χ0v) is 17.2. The maximum atomic E-state index is 12.4. The first-order valence-electron chi connectivity index (χ1n) is 9.37. The van der Waals surface area contributed by atoms with E-state index >= 15 is 0 Å². The molecule has 0 aliphatic rings. The Kier molecular flexibility index (Phi) is 7.10. The van der Waals surface area contributed by atoms with Gasteiger partial charge in [0, 0.05) is 31.8 Å². The number of carbonyl (C=O) groups is 2. The predicted octanol–water partition coefficient (Wildman–Crippen LogP) is 3.84. The lowest BCUT2D eigenvalue weighted by molar-refractivity contribution is -0.114. The van der Waals surface area contributed by atoms with Gasteiger partial charge in [0.2, 0.25) is 5.91 Å². The van der Waals surface area contributed by atoms with Gasteiger partial charge in [-0.3, -0.25) is 9.59 Å². The molecule has 0 radical (unpaired) electrons. The van der Waals surface area contributed by atoms with E-state index in [0.29, 0.717) is 30.2 Å². The van der Waals surface area contributed by atoms with Gasteiger partial charge in [0.1, 0.15) is 0 Å². The van der Waals surface area contributed by atoms with Crippen molar-refractivity contribution >= 4 is 45.1 Å². The summed E-state index contributed by atoms with van der Waals surface area (Å²) in [6.45, 7) is 5.15. The number of nitrogens with zero attached hydrogens (tertiary/aromatic N) is 2. The summed E-state index contributed by atoms with van der Waals surface area (Å²) in [6.07, 6.45) is 3.22. The van der Waals surface area contributed by atoms with E-state index in [4.69, 9.17) is 4.74 Å². The number of aromatic nitrogens is 1. The van der Waals surface area contributed by atoms with Crippen LogP contribution in [-0.2, 0) is 20.9 Å². The molecule has 1 heterocycles. The second-order valence-electron chi connectivity index (χ2n) is 6.29. The first kappa shape index (κ1) is 20.7. The van der Waals surface area contributed by atoms with E-state index < -0.39 is 0 Å². The molecule has 0 atom stereocenters. The highest BCUT2D eigenvalue weighted by atomic mass is 32.1. The molecule has 0 aliphatic heterocycles. The van der Waals surface area contributed by atoms with Gasteiger partial charge in [0.15, 0.2) is 4.80 Å². The molecule has 0 spiro atoms. The zero-order valence-electron chi connectivity index (χ0n) is 16.4. The molecule has 6 nitrogen and oxygen atoms in total. The SMILES string of the molecule is CCOCCn1c(=NC(=O)C=Cc2ccccc2)sc2cc(NC(C)=O)ccc21. The fourth-order valence-corrected chi connectivity index (χ4v) is 3.92. The number of thiazole rings is 1. The van der Waals surface area contributed by atoms with Crippen molar-refractivity contribution in [3.63, 3.8) is 0 Å². The fraction of sp³-hybridized carbons (Fsp3) is 0.227. The molecule has 0 aliphatic carbocycles.